The maximum absolute atomic E-state index is 11.9. The van der Waals surface area contributed by atoms with E-state index in [9.17, 15) is 8.42 Å². The molecule has 1 atom stereocenters. The number of sulfonamides is 1. The Morgan fingerprint density at radius 2 is 2.17 bits per heavy atom. The van der Waals surface area contributed by atoms with E-state index in [1.54, 1.807) is 12.3 Å². The lowest BCUT2D eigenvalue weighted by Crippen LogP contribution is -2.51. The van der Waals surface area contributed by atoms with Crippen LogP contribution in [-0.4, -0.2) is 31.2 Å². The largest absolute Gasteiger partial charge is 0.329 e. The average Bonchev–Trinajstić information content (AvgIpc) is 2.37. The molecule has 1 aromatic heterocycles. The number of rotatable bonds is 7. The van der Waals surface area contributed by atoms with Crippen molar-refractivity contribution in [3.63, 3.8) is 0 Å². The first-order valence-electron chi connectivity index (χ1n) is 6.02. The number of hydrogen-bond donors (Lipinski definition) is 2. The Labute approximate surface area is 109 Å². The summed E-state index contributed by atoms with van der Waals surface area (Å²) in [7, 11) is -3.33. The van der Waals surface area contributed by atoms with E-state index in [4.69, 9.17) is 5.73 Å². The van der Waals surface area contributed by atoms with E-state index in [0.717, 1.165) is 5.69 Å². The van der Waals surface area contributed by atoms with Gasteiger partial charge in [0.25, 0.3) is 0 Å². The average molecular weight is 271 g/mol. The Morgan fingerprint density at radius 1 is 1.44 bits per heavy atom. The van der Waals surface area contributed by atoms with Crippen molar-refractivity contribution < 1.29 is 8.42 Å². The quantitative estimate of drug-likeness (QED) is 0.763. The van der Waals surface area contributed by atoms with Crippen LogP contribution in [0.4, 0.5) is 0 Å². The lowest BCUT2D eigenvalue weighted by Gasteiger charge is -2.27. The molecule has 0 radical (unpaired) electrons. The molecule has 0 aromatic carbocycles. The molecule has 1 aromatic rings. The van der Waals surface area contributed by atoms with Crippen LogP contribution in [0.1, 0.15) is 26.0 Å². The Kier molecular flexibility index (Phi) is 5.25. The SMILES string of the molecule is CCC(C)(CN)NS(=O)(=O)CCc1ccccn1. The zero-order chi connectivity index (χ0) is 13.6. The number of nitrogens with one attached hydrogen (secondary N) is 1. The third-order valence-electron chi connectivity index (χ3n) is 2.99. The van der Waals surface area contributed by atoms with Crippen molar-refractivity contribution in [2.75, 3.05) is 12.3 Å². The van der Waals surface area contributed by atoms with Crippen molar-refractivity contribution in [1.82, 2.24) is 9.71 Å². The van der Waals surface area contributed by atoms with E-state index in [1.165, 1.54) is 0 Å². The molecule has 18 heavy (non-hydrogen) atoms. The van der Waals surface area contributed by atoms with E-state index >= 15 is 0 Å². The van der Waals surface area contributed by atoms with Crippen LogP contribution in [0.15, 0.2) is 24.4 Å². The number of aromatic nitrogens is 1. The second-order valence-electron chi connectivity index (χ2n) is 4.61. The highest BCUT2D eigenvalue weighted by Gasteiger charge is 2.26. The number of nitrogens with two attached hydrogens (primary N) is 1. The molecule has 6 heteroatoms. The molecule has 0 fully saturated rings. The van der Waals surface area contributed by atoms with Gasteiger partial charge in [0, 0.05) is 30.4 Å². The number of aryl methyl sites for hydroxylation is 1. The molecule has 3 N–H and O–H groups in total. The van der Waals surface area contributed by atoms with E-state index in [2.05, 4.69) is 9.71 Å². The summed E-state index contributed by atoms with van der Waals surface area (Å²) in [6, 6.07) is 5.47. The number of nitrogens with zero attached hydrogens (tertiary/aromatic N) is 1. The van der Waals surface area contributed by atoms with E-state index < -0.39 is 15.6 Å². The van der Waals surface area contributed by atoms with Crippen LogP contribution in [0.25, 0.3) is 0 Å². The third-order valence-corrected chi connectivity index (χ3v) is 4.53. The first kappa shape index (κ1) is 15.1. The number of hydrogen-bond acceptors (Lipinski definition) is 4. The Hall–Kier alpha value is -0.980. The highest BCUT2D eigenvalue weighted by molar-refractivity contribution is 7.89. The second-order valence-corrected chi connectivity index (χ2v) is 6.45. The van der Waals surface area contributed by atoms with Gasteiger partial charge in [-0.3, -0.25) is 4.98 Å². The van der Waals surface area contributed by atoms with Gasteiger partial charge in [-0.2, -0.15) is 0 Å². The maximum atomic E-state index is 11.9. The minimum absolute atomic E-state index is 0.0274. The van der Waals surface area contributed by atoms with Gasteiger partial charge in [-0.15, -0.1) is 0 Å². The summed E-state index contributed by atoms with van der Waals surface area (Å²) < 4.78 is 26.5. The maximum Gasteiger partial charge on any atom is 0.212 e. The summed E-state index contributed by atoms with van der Waals surface area (Å²) in [5, 5.41) is 0. The zero-order valence-corrected chi connectivity index (χ0v) is 11.7. The Morgan fingerprint density at radius 3 is 2.67 bits per heavy atom. The highest BCUT2D eigenvalue weighted by atomic mass is 32.2. The van der Waals surface area contributed by atoms with Gasteiger partial charge in [0.05, 0.1) is 5.75 Å². The third kappa shape index (κ3) is 4.72. The van der Waals surface area contributed by atoms with E-state index in [1.807, 2.05) is 26.0 Å². The van der Waals surface area contributed by atoms with Gasteiger partial charge in [-0.05, 0) is 25.5 Å². The Balaban J connectivity index is 2.61. The van der Waals surface area contributed by atoms with Crippen LogP contribution in [0.3, 0.4) is 0 Å². The fourth-order valence-electron chi connectivity index (χ4n) is 1.47. The molecule has 0 saturated heterocycles. The normalized spacial score (nSPS) is 15.3. The van der Waals surface area contributed by atoms with Crippen molar-refractivity contribution in [2.24, 2.45) is 5.73 Å². The van der Waals surface area contributed by atoms with Crippen LogP contribution >= 0.6 is 0 Å². The van der Waals surface area contributed by atoms with Crippen LogP contribution in [0, 0.1) is 0 Å². The van der Waals surface area contributed by atoms with Crippen LogP contribution in [0.5, 0.6) is 0 Å². The molecule has 0 aliphatic carbocycles. The molecule has 102 valence electrons. The molecule has 0 saturated carbocycles. The molecule has 0 aliphatic rings. The van der Waals surface area contributed by atoms with Gasteiger partial charge in [-0.1, -0.05) is 13.0 Å². The summed E-state index contributed by atoms with van der Waals surface area (Å²) in [6.07, 6.45) is 2.72. The fourth-order valence-corrected chi connectivity index (χ4v) is 3.03. The van der Waals surface area contributed by atoms with Gasteiger partial charge in [0.2, 0.25) is 10.0 Å². The Bertz CT molecular complexity index is 455. The first-order valence-corrected chi connectivity index (χ1v) is 7.67. The van der Waals surface area contributed by atoms with Crippen molar-refractivity contribution in [2.45, 2.75) is 32.2 Å². The minimum atomic E-state index is -3.33. The van der Waals surface area contributed by atoms with Crippen molar-refractivity contribution in [3.8, 4) is 0 Å². The zero-order valence-electron chi connectivity index (χ0n) is 10.9. The van der Waals surface area contributed by atoms with Crippen molar-refractivity contribution in [1.29, 1.82) is 0 Å². The molecule has 1 rings (SSSR count). The number of pyridine rings is 1. The first-order chi connectivity index (χ1) is 8.41. The summed E-state index contributed by atoms with van der Waals surface area (Å²) in [4.78, 5) is 4.10. The van der Waals surface area contributed by atoms with E-state index in [-0.39, 0.29) is 12.3 Å². The minimum Gasteiger partial charge on any atom is -0.329 e. The second kappa shape index (κ2) is 6.26. The molecular formula is C12H21N3O2S. The van der Waals surface area contributed by atoms with Crippen molar-refractivity contribution >= 4 is 10.0 Å². The molecule has 1 unspecified atom stereocenters. The standard InChI is InChI=1S/C12H21N3O2S/c1-3-12(2,10-13)15-18(16,17)9-7-11-6-4-5-8-14-11/h4-6,8,15H,3,7,9-10,13H2,1-2H3. The summed E-state index contributed by atoms with van der Waals surface area (Å²) in [6.45, 7) is 4.01. The monoisotopic (exact) mass is 271 g/mol. The molecule has 0 bridgehead atoms. The molecule has 0 spiro atoms. The van der Waals surface area contributed by atoms with Gasteiger partial charge in [0.1, 0.15) is 0 Å². The van der Waals surface area contributed by atoms with Crippen molar-refractivity contribution in [3.05, 3.63) is 30.1 Å². The van der Waals surface area contributed by atoms with Gasteiger partial charge in [0.15, 0.2) is 0 Å². The van der Waals surface area contributed by atoms with Crippen LogP contribution in [0.2, 0.25) is 0 Å². The summed E-state index contributed by atoms with van der Waals surface area (Å²) in [5.41, 5.74) is 5.80. The molecule has 0 amide bonds. The van der Waals surface area contributed by atoms with Gasteiger partial charge < -0.3 is 5.73 Å². The predicted octanol–water partition coefficient (Wildman–Crippen LogP) is 0.671. The summed E-state index contributed by atoms with van der Waals surface area (Å²) in [5.74, 6) is 0.0274. The topological polar surface area (TPSA) is 85.1 Å². The van der Waals surface area contributed by atoms with Crippen LogP contribution in [-0.2, 0) is 16.4 Å². The molecule has 5 nitrogen and oxygen atoms in total. The van der Waals surface area contributed by atoms with Gasteiger partial charge >= 0.3 is 0 Å². The summed E-state index contributed by atoms with van der Waals surface area (Å²) >= 11 is 0. The fraction of sp³-hybridized carbons (Fsp3) is 0.583. The smallest absolute Gasteiger partial charge is 0.212 e. The molecule has 1 heterocycles. The molecule has 0 aliphatic heterocycles. The van der Waals surface area contributed by atoms with Crippen LogP contribution < -0.4 is 10.5 Å². The lowest BCUT2D eigenvalue weighted by molar-refractivity contribution is 0.411. The molecular weight excluding hydrogens is 250 g/mol. The van der Waals surface area contributed by atoms with E-state index in [0.29, 0.717) is 12.8 Å². The predicted molar refractivity (Wildman–Crippen MR) is 72.6 cm³/mol. The van der Waals surface area contributed by atoms with Gasteiger partial charge in [-0.25, -0.2) is 13.1 Å². The highest BCUT2D eigenvalue weighted by Crippen LogP contribution is 2.09. The lowest BCUT2D eigenvalue weighted by atomic mass is 10.0.